The number of ether oxygens (including phenoxy) is 2. The van der Waals surface area contributed by atoms with Crippen molar-refractivity contribution in [1.29, 1.82) is 0 Å². The maximum Gasteiger partial charge on any atom is 1.00 e. The van der Waals surface area contributed by atoms with Gasteiger partial charge in [0.15, 0.2) is 0 Å². The van der Waals surface area contributed by atoms with Gasteiger partial charge >= 0.3 is 35.5 Å². The third kappa shape index (κ3) is 13.3. The van der Waals surface area contributed by atoms with E-state index in [1.54, 1.807) is 6.92 Å². The number of carboxylic acids is 2. The molecule has 0 radical (unpaired) electrons. The third-order valence-electron chi connectivity index (χ3n) is 10.3. The molecule has 9 nitrogen and oxygen atoms in total. The Morgan fingerprint density at radius 1 is 0.530 bits per heavy atom. The predicted octanol–water partition coefficient (Wildman–Crippen LogP) is 8.84. The molecule has 0 saturated heterocycles. The minimum atomic E-state index is -1.36. The Morgan fingerprint density at radius 2 is 0.864 bits per heavy atom. The monoisotopic (exact) mass is 898 g/mol. The van der Waals surface area contributed by atoms with E-state index in [4.69, 9.17) is 14.6 Å². The molecule has 0 saturated carbocycles. The second kappa shape index (κ2) is 24.7. The molecule has 12 heteroatoms. The molecule has 66 heavy (non-hydrogen) atoms. The number of pyridine rings is 2. The van der Waals surface area contributed by atoms with Crippen LogP contribution in [-0.2, 0) is 0 Å². The predicted molar refractivity (Wildman–Crippen MR) is 250 cm³/mol. The molecule has 0 unspecified atom stereocenters. The molecular formula is C54H49F2N2NaO7. The van der Waals surface area contributed by atoms with Gasteiger partial charge in [0.25, 0.3) is 0 Å². The van der Waals surface area contributed by atoms with Crippen molar-refractivity contribution in [3.8, 4) is 56.3 Å². The molecule has 0 atom stereocenters. The largest absolute Gasteiger partial charge is 1.00 e. The van der Waals surface area contributed by atoms with Crippen LogP contribution in [0.25, 0.3) is 66.6 Å². The van der Waals surface area contributed by atoms with Crippen molar-refractivity contribution in [1.82, 2.24) is 9.97 Å². The van der Waals surface area contributed by atoms with E-state index in [9.17, 15) is 28.6 Å². The van der Waals surface area contributed by atoms with Gasteiger partial charge in [0, 0.05) is 34.1 Å². The smallest absolute Gasteiger partial charge is 0.545 e. The zero-order valence-corrected chi connectivity index (χ0v) is 39.4. The van der Waals surface area contributed by atoms with E-state index < -0.39 is 23.6 Å². The molecule has 2 N–H and O–H groups in total. The Hall–Kier alpha value is -6.50. The molecule has 0 aliphatic carbocycles. The second-order valence-electron chi connectivity index (χ2n) is 14.9. The van der Waals surface area contributed by atoms with Gasteiger partial charge in [0.1, 0.15) is 23.1 Å². The van der Waals surface area contributed by atoms with Crippen LogP contribution < -0.4 is 44.1 Å². The van der Waals surface area contributed by atoms with Gasteiger partial charge in [-0.05, 0) is 115 Å². The molecule has 0 aliphatic rings. The molecule has 0 spiro atoms. The first-order valence-electron chi connectivity index (χ1n) is 21.4. The summed E-state index contributed by atoms with van der Waals surface area (Å²) in [5.74, 6) is -1.78. The van der Waals surface area contributed by atoms with Crippen LogP contribution in [0.3, 0.4) is 0 Å². The zero-order valence-electron chi connectivity index (χ0n) is 37.4. The summed E-state index contributed by atoms with van der Waals surface area (Å²) >= 11 is 0. The van der Waals surface area contributed by atoms with Gasteiger partial charge in [-0.3, -0.25) is 0 Å². The Morgan fingerprint density at radius 3 is 1.21 bits per heavy atom. The van der Waals surface area contributed by atoms with E-state index in [0.29, 0.717) is 35.6 Å². The van der Waals surface area contributed by atoms with E-state index in [-0.39, 0.29) is 58.1 Å². The first-order chi connectivity index (χ1) is 31.5. The fraction of sp³-hybridized carbons (Fsp3) is 0.185. The van der Waals surface area contributed by atoms with E-state index in [1.807, 2.05) is 97.1 Å². The molecule has 8 rings (SSSR count). The number of carbonyl (C=O) groups is 2. The van der Waals surface area contributed by atoms with Crippen LogP contribution in [-0.4, -0.2) is 51.9 Å². The number of halogens is 2. The number of nitrogens with zero attached hydrogens (tertiary/aromatic N) is 2. The molecule has 0 bridgehead atoms. The number of hydrogen-bond donors (Lipinski definition) is 2. The standard InChI is InChI=1S/2C26H22FNO3.C2H6O.Na/c2*1-2-3-14-31-21-11-8-18(9-12-21)17-4-6-19(7-5-17)25-16-23(26(29)30)22-15-20(27)10-13-24(22)28-25;1-2-3;/h2*4-13,15-16H,2-3,14H2,1H3,(H,29,30);3H,2H2,1H3;/q;;;+1/p-1. The van der Waals surface area contributed by atoms with Crippen molar-refractivity contribution in [3.05, 3.63) is 168 Å². The van der Waals surface area contributed by atoms with Crippen molar-refractivity contribution in [3.63, 3.8) is 0 Å². The maximum atomic E-state index is 13.6. The summed E-state index contributed by atoms with van der Waals surface area (Å²) in [6.07, 6.45) is 4.25. The quantitative estimate of drug-likeness (QED) is 0.0809. The van der Waals surface area contributed by atoms with Crippen LogP contribution in [0.15, 0.2) is 146 Å². The molecule has 0 aliphatic heterocycles. The zero-order chi connectivity index (χ0) is 46.3. The SMILES string of the molecule is CCCCOc1ccc(-c2ccc(-c3cc(C(=O)O)c4cc(F)ccc4n3)cc2)cc1.CCCCOc1ccc(-c2ccc(-c3cc(C(=O)[O-])c4cc(F)ccc4n3)cc2)cc1.CCO.[Na+]. The van der Waals surface area contributed by atoms with Gasteiger partial charge in [-0.25, -0.2) is 23.5 Å². The number of aromatic carboxylic acids is 2. The van der Waals surface area contributed by atoms with Crippen molar-refractivity contribution in [2.75, 3.05) is 19.8 Å². The van der Waals surface area contributed by atoms with Gasteiger partial charge in [0.2, 0.25) is 0 Å². The number of carbonyl (C=O) groups excluding carboxylic acids is 1. The van der Waals surface area contributed by atoms with Crippen LogP contribution >= 0.6 is 0 Å². The first kappa shape index (κ1) is 50.5. The summed E-state index contributed by atoms with van der Waals surface area (Å²) in [5, 5.41) is 29.2. The number of unbranched alkanes of at least 4 members (excludes halogenated alkanes) is 2. The number of aliphatic hydroxyl groups is 1. The molecule has 8 aromatic rings. The number of aliphatic hydroxyl groups excluding tert-OH is 1. The molecular weight excluding hydrogens is 850 g/mol. The number of benzene rings is 6. The van der Waals surface area contributed by atoms with Crippen LogP contribution in [0.2, 0.25) is 0 Å². The van der Waals surface area contributed by atoms with Crippen LogP contribution in [0.1, 0.15) is 67.2 Å². The second-order valence-corrected chi connectivity index (χ2v) is 14.9. The summed E-state index contributed by atoms with van der Waals surface area (Å²) in [7, 11) is 0. The Balaban J connectivity index is 0.000000230. The van der Waals surface area contributed by atoms with E-state index in [2.05, 4.69) is 23.8 Å². The average molecular weight is 899 g/mol. The molecule has 0 fully saturated rings. The minimum Gasteiger partial charge on any atom is -0.545 e. The van der Waals surface area contributed by atoms with Crippen molar-refractivity contribution in [2.45, 2.75) is 46.5 Å². The fourth-order valence-electron chi connectivity index (χ4n) is 6.86. The van der Waals surface area contributed by atoms with Gasteiger partial charge in [0.05, 0.1) is 47.2 Å². The maximum absolute atomic E-state index is 13.6. The Kier molecular flexibility index (Phi) is 18.9. The summed E-state index contributed by atoms with van der Waals surface area (Å²) < 4.78 is 38.6. The van der Waals surface area contributed by atoms with Crippen molar-refractivity contribution in [2.24, 2.45) is 0 Å². The molecule has 6 aromatic carbocycles. The topological polar surface area (TPSA) is 142 Å². The average Bonchev–Trinajstić information content (AvgIpc) is 3.32. The van der Waals surface area contributed by atoms with Gasteiger partial charge in [-0.15, -0.1) is 0 Å². The summed E-state index contributed by atoms with van der Waals surface area (Å²) in [6.45, 7) is 7.62. The summed E-state index contributed by atoms with van der Waals surface area (Å²) in [5.41, 5.74) is 7.52. The Labute approximate surface area is 405 Å². The van der Waals surface area contributed by atoms with Crippen LogP contribution in [0.5, 0.6) is 11.5 Å². The molecule has 0 amide bonds. The van der Waals surface area contributed by atoms with Gasteiger partial charge in [-0.1, -0.05) is 99.5 Å². The first-order valence-corrected chi connectivity index (χ1v) is 21.4. The van der Waals surface area contributed by atoms with Gasteiger partial charge < -0.3 is 29.6 Å². The van der Waals surface area contributed by atoms with Crippen molar-refractivity contribution >= 4 is 33.7 Å². The van der Waals surface area contributed by atoms with E-state index in [0.717, 1.165) is 76.6 Å². The minimum absolute atomic E-state index is 0. The number of hydrogen-bond acceptors (Lipinski definition) is 8. The molecule has 2 heterocycles. The molecule has 332 valence electrons. The van der Waals surface area contributed by atoms with Gasteiger partial charge in [-0.2, -0.15) is 0 Å². The Bertz CT molecular complexity index is 2660. The normalized spacial score (nSPS) is 10.5. The van der Waals surface area contributed by atoms with E-state index in [1.165, 1.54) is 42.5 Å². The summed E-state index contributed by atoms with van der Waals surface area (Å²) in [4.78, 5) is 32.3. The fourth-order valence-corrected chi connectivity index (χ4v) is 6.86. The third-order valence-corrected chi connectivity index (χ3v) is 10.3. The summed E-state index contributed by atoms with van der Waals surface area (Å²) in [6, 6.07) is 42.1. The molecule has 2 aromatic heterocycles. The van der Waals surface area contributed by atoms with Crippen molar-refractivity contribution < 1.29 is 72.7 Å². The number of rotatable bonds is 14. The number of carboxylic acid groups (broad SMARTS) is 2. The van der Waals surface area contributed by atoms with E-state index >= 15 is 0 Å². The van der Waals surface area contributed by atoms with Crippen LogP contribution in [0, 0.1) is 11.6 Å². The number of fused-ring (bicyclic) bond motifs is 2. The number of aromatic nitrogens is 2. The van der Waals surface area contributed by atoms with Crippen LogP contribution in [0.4, 0.5) is 8.78 Å².